The summed E-state index contributed by atoms with van der Waals surface area (Å²) in [6.45, 7) is 3.90. The summed E-state index contributed by atoms with van der Waals surface area (Å²) in [5.74, 6) is -0.674. The van der Waals surface area contributed by atoms with E-state index in [9.17, 15) is 23.1 Å². The van der Waals surface area contributed by atoms with E-state index in [0.29, 0.717) is 5.75 Å². The van der Waals surface area contributed by atoms with Crippen LogP contribution in [0.5, 0.6) is 5.75 Å². The first-order valence-electron chi connectivity index (χ1n) is 7.83. The van der Waals surface area contributed by atoms with Crippen LogP contribution in [0.4, 0.5) is 13.2 Å². The lowest BCUT2D eigenvalue weighted by Gasteiger charge is -2.19. The van der Waals surface area contributed by atoms with Crippen LogP contribution in [-0.2, 0) is 17.4 Å². The summed E-state index contributed by atoms with van der Waals surface area (Å²) < 4.78 is 44.0. The third-order valence-corrected chi connectivity index (χ3v) is 3.76. The highest BCUT2D eigenvalue weighted by molar-refractivity contribution is 5.73. The number of rotatable bonds is 6. The third-order valence-electron chi connectivity index (χ3n) is 3.76. The summed E-state index contributed by atoms with van der Waals surface area (Å²) in [5.41, 5.74) is 0.291. The van der Waals surface area contributed by atoms with E-state index >= 15 is 0 Å². The highest BCUT2D eigenvalue weighted by atomic mass is 19.4. The molecule has 0 amide bonds. The number of halogens is 3. The Balaban J connectivity index is 2.25. The van der Waals surface area contributed by atoms with Gasteiger partial charge >= 0.3 is 12.1 Å². The van der Waals surface area contributed by atoms with Gasteiger partial charge in [-0.1, -0.05) is 50.2 Å². The van der Waals surface area contributed by atoms with Crippen LogP contribution in [0.1, 0.15) is 36.5 Å². The minimum absolute atomic E-state index is 0.124. The molecule has 0 radical (unpaired) electrons. The second kappa shape index (κ2) is 7.59. The monoisotopic (exact) mass is 352 g/mol. The minimum atomic E-state index is -4.47. The SMILES string of the molecule is CC(C)c1ccccc1O[C@@H](Cc1cccc(C(F)(F)F)c1)C(=O)O. The Bertz CT molecular complexity index is 739. The van der Waals surface area contributed by atoms with Crippen molar-refractivity contribution in [3.63, 3.8) is 0 Å². The smallest absolute Gasteiger partial charge is 0.416 e. The summed E-state index contributed by atoms with van der Waals surface area (Å²) in [7, 11) is 0. The standard InChI is InChI=1S/C19H19F3O3/c1-12(2)15-8-3-4-9-16(15)25-17(18(23)24)11-13-6-5-7-14(10-13)19(20,21)22/h3-10,12,17H,11H2,1-2H3,(H,23,24)/t17-/m0/s1. The normalized spacial score (nSPS) is 12.9. The van der Waals surface area contributed by atoms with Crippen LogP contribution in [0.2, 0.25) is 0 Å². The highest BCUT2D eigenvalue weighted by Crippen LogP contribution is 2.30. The molecular formula is C19H19F3O3. The van der Waals surface area contributed by atoms with Gasteiger partial charge in [0.15, 0.2) is 6.10 Å². The van der Waals surface area contributed by atoms with Crippen molar-refractivity contribution in [2.45, 2.75) is 38.5 Å². The number of ether oxygens (including phenoxy) is 1. The van der Waals surface area contributed by atoms with Gasteiger partial charge in [-0.05, 0) is 29.2 Å². The molecule has 1 atom stereocenters. The molecule has 0 aliphatic rings. The van der Waals surface area contributed by atoms with E-state index in [2.05, 4.69) is 0 Å². The molecule has 0 heterocycles. The van der Waals surface area contributed by atoms with Gasteiger partial charge in [0.2, 0.25) is 0 Å². The molecule has 134 valence electrons. The van der Waals surface area contributed by atoms with E-state index < -0.39 is 23.8 Å². The van der Waals surface area contributed by atoms with E-state index in [1.54, 1.807) is 12.1 Å². The number of para-hydroxylation sites is 1. The van der Waals surface area contributed by atoms with Gasteiger partial charge in [-0.25, -0.2) is 4.79 Å². The van der Waals surface area contributed by atoms with Gasteiger partial charge in [0.05, 0.1) is 5.56 Å². The maximum Gasteiger partial charge on any atom is 0.416 e. The molecule has 3 nitrogen and oxygen atoms in total. The molecule has 25 heavy (non-hydrogen) atoms. The first-order valence-corrected chi connectivity index (χ1v) is 7.83. The average Bonchev–Trinajstić information content (AvgIpc) is 2.54. The zero-order valence-electron chi connectivity index (χ0n) is 13.9. The van der Waals surface area contributed by atoms with Crippen molar-refractivity contribution in [3.05, 3.63) is 65.2 Å². The molecular weight excluding hydrogens is 333 g/mol. The van der Waals surface area contributed by atoms with Gasteiger partial charge < -0.3 is 9.84 Å². The predicted octanol–water partition coefficient (Wildman–Crippen LogP) is 4.90. The minimum Gasteiger partial charge on any atom is -0.478 e. The van der Waals surface area contributed by atoms with Crippen LogP contribution in [0, 0.1) is 0 Å². The third kappa shape index (κ3) is 4.98. The van der Waals surface area contributed by atoms with Crippen LogP contribution >= 0.6 is 0 Å². The Morgan fingerprint density at radius 3 is 2.40 bits per heavy atom. The molecule has 1 N–H and O–H groups in total. The number of hydrogen-bond donors (Lipinski definition) is 1. The molecule has 0 spiro atoms. The number of carboxylic acid groups (broad SMARTS) is 1. The summed E-state index contributed by atoms with van der Waals surface area (Å²) in [6, 6.07) is 11.7. The highest BCUT2D eigenvalue weighted by Gasteiger charge is 2.31. The zero-order chi connectivity index (χ0) is 18.6. The lowest BCUT2D eigenvalue weighted by atomic mass is 10.0. The van der Waals surface area contributed by atoms with Crippen molar-refractivity contribution in [3.8, 4) is 5.75 Å². The second-order valence-electron chi connectivity index (χ2n) is 6.04. The first-order chi connectivity index (χ1) is 11.7. The van der Waals surface area contributed by atoms with Crippen molar-refractivity contribution >= 4 is 5.97 Å². The molecule has 0 saturated carbocycles. The summed E-state index contributed by atoms with van der Waals surface area (Å²) in [5, 5.41) is 9.41. The van der Waals surface area contributed by atoms with Gasteiger partial charge in [-0.15, -0.1) is 0 Å². The number of benzene rings is 2. The van der Waals surface area contributed by atoms with Crippen LogP contribution < -0.4 is 4.74 Å². The van der Waals surface area contributed by atoms with Crippen LogP contribution in [0.15, 0.2) is 48.5 Å². The van der Waals surface area contributed by atoms with Crippen molar-refractivity contribution in [2.24, 2.45) is 0 Å². The maximum absolute atomic E-state index is 12.8. The van der Waals surface area contributed by atoms with Crippen LogP contribution in [0.25, 0.3) is 0 Å². The molecule has 0 fully saturated rings. The Hall–Kier alpha value is -2.50. The van der Waals surface area contributed by atoms with Crippen molar-refractivity contribution in [1.82, 2.24) is 0 Å². The van der Waals surface area contributed by atoms with Crippen LogP contribution in [0.3, 0.4) is 0 Å². The van der Waals surface area contributed by atoms with Crippen molar-refractivity contribution in [2.75, 3.05) is 0 Å². The lowest BCUT2D eigenvalue weighted by Crippen LogP contribution is -2.30. The summed E-state index contributed by atoms with van der Waals surface area (Å²) in [6.07, 6.45) is -5.91. The maximum atomic E-state index is 12.8. The Kier molecular flexibility index (Phi) is 5.72. The Labute approximate surface area is 144 Å². The molecule has 0 unspecified atom stereocenters. The molecule has 2 rings (SSSR count). The molecule has 0 bridgehead atoms. The lowest BCUT2D eigenvalue weighted by molar-refractivity contribution is -0.145. The fourth-order valence-corrected chi connectivity index (χ4v) is 2.49. The largest absolute Gasteiger partial charge is 0.478 e. The molecule has 0 aromatic heterocycles. The van der Waals surface area contributed by atoms with E-state index in [-0.39, 0.29) is 17.9 Å². The number of aliphatic carboxylic acids is 1. The molecule has 2 aromatic carbocycles. The zero-order valence-corrected chi connectivity index (χ0v) is 13.9. The van der Waals surface area contributed by atoms with Gasteiger partial charge in [0, 0.05) is 6.42 Å². The van der Waals surface area contributed by atoms with Crippen LogP contribution in [-0.4, -0.2) is 17.2 Å². The molecule has 0 aliphatic carbocycles. The summed E-state index contributed by atoms with van der Waals surface area (Å²) in [4.78, 5) is 11.5. The first kappa shape index (κ1) is 18.8. The van der Waals surface area contributed by atoms with E-state index in [1.165, 1.54) is 12.1 Å². The molecule has 0 saturated heterocycles. The van der Waals surface area contributed by atoms with Crippen molar-refractivity contribution < 1.29 is 27.8 Å². The quantitative estimate of drug-likeness (QED) is 0.804. The van der Waals surface area contributed by atoms with Crippen molar-refractivity contribution in [1.29, 1.82) is 0 Å². The summed E-state index contributed by atoms with van der Waals surface area (Å²) >= 11 is 0. The fourth-order valence-electron chi connectivity index (χ4n) is 2.49. The van der Waals surface area contributed by atoms with E-state index in [4.69, 9.17) is 4.74 Å². The molecule has 0 aliphatic heterocycles. The topological polar surface area (TPSA) is 46.5 Å². The van der Waals surface area contributed by atoms with Gasteiger partial charge in [-0.3, -0.25) is 0 Å². The fraction of sp³-hybridized carbons (Fsp3) is 0.316. The molecule has 2 aromatic rings. The average molecular weight is 352 g/mol. The van der Waals surface area contributed by atoms with E-state index in [1.807, 2.05) is 26.0 Å². The number of carboxylic acids is 1. The Morgan fingerprint density at radius 1 is 1.12 bits per heavy atom. The molecule has 6 heteroatoms. The number of alkyl halides is 3. The van der Waals surface area contributed by atoms with Gasteiger partial charge in [0.25, 0.3) is 0 Å². The van der Waals surface area contributed by atoms with Gasteiger partial charge in [-0.2, -0.15) is 13.2 Å². The van der Waals surface area contributed by atoms with Gasteiger partial charge in [0.1, 0.15) is 5.75 Å². The number of hydrogen-bond acceptors (Lipinski definition) is 2. The van der Waals surface area contributed by atoms with E-state index in [0.717, 1.165) is 17.7 Å². The predicted molar refractivity (Wildman–Crippen MR) is 87.7 cm³/mol. The number of carbonyl (C=O) groups is 1. The Morgan fingerprint density at radius 2 is 1.80 bits per heavy atom. The second-order valence-corrected chi connectivity index (χ2v) is 6.04.